The van der Waals surface area contributed by atoms with Crippen LogP contribution in [0.3, 0.4) is 0 Å². The molecule has 0 bridgehead atoms. The van der Waals surface area contributed by atoms with E-state index in [1.807, 2.05) is 0 Å². The van der Waals surface area contributed by atoms with Crippen LogP contribution in [0.1, 0.15) is 20.7 Å². The van der Waals surface area contributed by atoms with Crippen molar-refractivity contribution >= 4 is 55.7 Å². The summed E-state index contributed by atoms with van der Waals surface area (Å²) >= 11 is 6.61. The molecular formula is C17H13ClN4O5S2. The van der Waals surface area contributed by atoms with Gasteiger partial charge in [0, 0.05) is 0 Å². The number of anilines is 2. The standard InChI is InChI=1S/C17H13ClN4O5S2/c1-27-15(24)11-7-3-5-9-13(11)22-29(25,26)17-21-20-16(28-17)19-14(23)10-6-2-4-8-12(10)18/h2-9,22H,1H3,(H,19,20,23). The highest BCUT2D eigenvalue weighted by atomic mass is 35.5. The number of rotatable bonds is 6. The van der Waals surface area contributed by atoms with Gasteiger partial charge in [-0.25, -0.2) is 4.79 Å². The zero-order valence-electron chi connectivity index (χ0n) is 14.7. The van der Waals surface area contributed by atoms with E-state index in [2.05, 4.69) is 25.0 Å². The Hall–Kier alpha value is -3.02. The molecule has 2 N–H and O–H groups in total. The Bertz CT molecular complexity index is 1180. The lowest BCUT2D eigenvalue weighted by atomic mass is 10.2. The summed E-state index contributed by atoms with van der Waals surface area (Å²) in [6.45, 7) is 0. The molecule has 3 rings (SSSR count). The van der Waals surface area contributed by atoms with Gasteiger partial charge in [0.15, 0.2) is 0 Å². The topological polar surface area (TPSA) is 127 Å². The number of para-hydroxylation sites is 1. The van der Waals surface area contributed by atoms with Gasteiger partial charge in [-0.05, 0) is 24.3 Å². The lowest BCUT2D eigenvalue weighted by molar-refractivity contribution is 0.0602. The molecule has 150 valence electrons. The second-order valence-electron chi connectivity index (χ2n) is 5.45. The maximum absolute atomic E-state index is 12.6. The van der Waals surface area contributed by atoms with E-state index in [0.717, 1.165) is 0 Å². The molecule has 29 heavy (non-hydrogen) atoms. The van der Waals surface area contributed by atoms with Crippen LogP contribution in [0.25, 0.3) is 0 Å². The number of aromatic nitrogens is 2. The normalized spacial score (nSPS) is 11.0. The van der Waals surface area contributed by atoms with Crippen molar-refractivity contribution in [3.8, 4) is 0 Å². The van der Waals surface area contributed by atoms with Gasteiger partial charge in [-0.2, -0.15) is 8.42 Å². The van der Waals surface area contributed by atoms with Crippen LogP contribution in [0.4, 0.5) is 10.8 Å². The SMILES string of the molecule is COC(=O)c1ccccc1NS(=O)(=O)c1nnc(NC(=O)c2ccccc2Cl)s1. The van der Waals surface area contributed by atoms with Gasteiger partial charge in [-0.15, -0.1) is 10.2 Å². The molecule has 0 fully saturated rings. The first kappa shape index (κ1) is 20.7. The van der Waals surface area contributed by atoms with Gasteiger partial charge >= 0.3 is 5.97 Å². The molecule has 3 aromatic rings. The fourth-order valence-electron chi connectivity index (χ4n) is 2.23. The van der Waals surface area contributed by atoms with Crippen LogP contribution in [0.15, 0.2) is 52.9 Å². The van der Waals surface area contributed by atoms with Crippen molar-refractivity contribution in [1.82, 2.24) is 10.2 Å². The molecular weight excluding hydrogens is 440 g/mol. The number of hydrogen-bond acceptors (Lipinski definition) is 8. The summed E-state index contributed by atoms with van der Waals surface area (Å²) < 4.78 is 31.7. The molecule has 0 aliphatic heterocycles. The van der Waals surface area contributed by atoms with Gasteiger partial charge in [0.05, 0.1) is 28.9 Å². The Morgan fingerprint density at radius 2 is 1.69 bits per heavy atom. The number of ether oxygens (including phenoxy) is 1. The highest BCUT2D eigenvalue weighted by molar-refractivity contribution is 7.94. The summed E-state index contributed by atoms with van der Waals surface area (Å²) in [7, 11) is -2.97. The summed E-state index contributed by atoms with van der Waals surface area (Å²) in [6, 6.07) is 12.3. The molecule has 0 aliphatic carbocycles. The average Bonchev–Trinajstić information content (AvgIpc) is 3.17. The lowest BCUT2D eigenvalue weighted by Crippen LogP contribution is -2.16. The van der Waals surface area contributed by atoms with Crippen molar-refractivity contribution in [2.45, 2.75) is 4.34 Å². The number of carbonyl (C=O) groups excluding carboxylic acids is 2. The molecule has 0 saturated carbocycles. The molecule has 2 aromatic carbocycles. The van der Waals surface area contributed by atoms with Crippen LogP contribution in [0, 0.1) is 0 Å². The maximum atomic E-state index is 12.6. The molecule has 0 radical (unpaired) electrons. The van der Waals surface area contributed by atoms with Gasteiger partial charge < -0.3 is 4.74 Å². The zero-order chi connectivity index (χ0) is 21.0. The summed E-state index contributed by atoms with van der Waals surface area (Å²) in [4.78, 5) is 24.1. The van der Waals surface area contributed by atoms with Crippen molar-refractivity contribution in [3.63, 3.8) is 0 Å². The molecule has 12 heteroatoms. The van der Waals surface area contributed by atoms with E-state index in [9.17, 15) is 18.0 Å². The van der Waals surface area contributed by atoms with Crippen LogP contribution in [-0.4, -0.2) is 37.6 Å². The number of benzene rings is 2. The van der Waals surface area contributed by atoms with Crippen LogP contribution in [0.2, 0.25) is 5.02 Å². The first-order chi connectivity index (χ1) is 13.8. The van der Waals surface area contributed by atoms with Gasteiger partial charge in [0.2, 0.25) is 5.13 Å². The van der Waals surface area contributed by atoms with E-state index in [4.69, 9.17) is 11.6 Å². The summed E-state index contributed by atoms with van der Waals surface area (Å²) in [5.41, 5.74) is 0.269. The van der Waals surface area contributed by atoms with Crippen LogP contribution in [0.5, 0.6) is 0 Å². The first-order valence-electron chi connectivity index (χ1n) is 7.91. The molecule has 0 saturated heterocycles. The molecule has 1 aromatic heterocycles. The molecule has 9 nitrogen and oxygen atoms in total. The first-order valence-corrected chi connectivity index (χ1v) is 10.6. The molecule has 0 unspecified atom stereocenters. The van der Waals surface area contributed by atoms with E-state index in [1.54, 1.807) is 30.3 Å². The number of nitrogens with zero attached hydrogens (tertiary/aromatic N) is 2. The van der Waals surface area contributed by atoms with E-state index in [0.29, 0.717) is 11.3 Å². The fourth-order valence-corrected chi connectivity index (χ4v) is 4.42. The Kier molecular flexibility index (Phi) is 6.11. The number of hydrogen-bond donors (Lipinski definition) is 2. The Morgan fingerprint density at radius 3 is 2.38 bits per heavy atom. The predicted molar refractivity (Wildman–Crippen MR) is 108 cm³/mol. The summed E-state index contributed by atoms with van der Waals surface area (Å²) in [6.07, 6.45) is 0. The third-order valence-corrected chi connectivity index (χ3v) is 6.45. The van der Waals surface area contributed by atoms with Crippen molar-refractivity contribution in [1.29, 1.82) is 0 Å². The lowest BCUT2D eigenvalue weighted by Gasteiger charge is -2.09. The highest BCUT2D eigenvalue weighted by Crippen LogP contribution is 2.25. The van der Waals surface area contributed by atoms with Crippen molar-refractivity contribution in [2.24, 2.45) is 0 Å². The third kappa shape index (κ3) is 4.70. The van der Waals surface area contributed by atoms with Gasteiger partial charge in [-0.1, -0.05) is 47.2 Å². The largest absolute Gasteiger partial charge is 0.465 e. The van der Waals surface area contributed by atoms with Gasteiger partial charge in [0.25, 0.3) is 20.3 Å². The van der Waals surface area contributed by atoms with E-state index in [1.165, 1.54) is 25.3 Å². The molecule has 0 aliphatic rings. The summed E-state index contributed by atoms with van der Waals surface area (Å²) in [5.74, 6) is -1.26. The number of esters is 1. The summed E-state index contributed by atoms with van der Waals surface area (Å²) in [5, 5.41) is 9.94. The fraction of sp³-hybridized carbons (Fsp3) is 0.0588. The minimum atomic E-state index is -4.16. The van der Waals surface area contributed by atoms with Gasteiger partial charge in [-0.3, -0.25) is 14.8 Å². The van der Waals surface area contributed by atoms with E-state index in [-0.39, 0.29) is 27.0 Å². The quantitative estimate of drug-likeness (QED) is 0.434. The monoisotopic (exact) mass is 452 g/mol. The average molecular weight is 453 g/mol. The molecule has 1 heterocycles. The van der Waals surface area contributed by atoms with E-state index < -0.39 is 26.2 Å². The van der Waals surface area contributed by atoms with Gasteiger partial charge in [0.1, 0.15) is 0 Å². The third-order valence-electron chi connectivity index (χ3n) is 3.55. The maximum Gasteiger partial charge on any atom is 0.339 e. The Morgan fingerprint density at radius 1 is 1.03 bits per heavy atom. The number of nitrogens with one attached hydrogen (secondary N) is 2. The second-order valence-corrected chi connectivity index (χ2v) is 8.69. The van der Waals surface area contributed by atoms with Crippen molar-refractivity contribution in [3.05, 3.63) is 64.7 Å². The Labute approximate surface area is 174 Å². The zero-order valence-corrected chi connectivity index (χ0v) is 17.1. The van der Waals surface area contributed by atoms with Crippen LogP contribution in [-0.2, 0) is 14.8 Å². The Balaban J connectivity index is 1.80. The smallest absolute Gasteiger partial charge is 0.339 e. The van der Waals surface area contributed by atoms with Crippen LogP contribution < -0.4 is 10.0 Å². The molecule has 1 amide bonds. The number of amides is 1. The van der Waals surface area contributed by atoms with E-state index >= 15 is 0 Å². The molecule has 0 spiro atoms. The van der Waals surface area contributed by atoms with Crippen molar-refractivity contribution < 1.29 is 22.7 Å². The number of halogens is 1. The van der Waals surface area contributed by atoms with Crippen LogP contribution >= 0.6 is 22.9 Å². The minimum Gasteiger partial charge on any atom is -0.465 e. The number of methoxy groups -OCH3 is 1. The number of carbonyl (C=O) groups is 2. The highest BCUT2D eigenvalue weighted by Gasteiger charge is 2.24. The van der Waals surface area contributed by atoms with Crippen molar-refractivity contribution in [2.75, 3.05) is 17.1 Å². The predicted octanol–water partition coefficient (Wildman–Crippen LogP) is 3.03. The molecule has 0 atom stereocenters. The minimum absolute atomic E-state index is 0.0243. The number of sulfonamides is 1. The second kappa shape index (κ2) is 8.55.